The Morgan fingerprint density at radius 2 is 2.00 bits per heavy atom. The van der Waals surface area contributed by atoms with Crippen molar-refractivity contribution >= 4 is 0 Å². The molecule has 1 aromatic carbocycles. The molecule has 1 N–H and O–H groups in total. The summed E-state index contributed by atoms with van der Waals surface area (Å²) in [6, 6.07) is 5.40. The minimum absolute atomic E-state index is 0.203. The highest BCUT2D eigenvalue weighted by Gasteiger charge is 2.23. The van der Waals surface area contributed by atoms with Crippen LogP contribution in [0.25, 0.3) is 0 Å². The lowest BCUT2D eigenvalue weighted by molar-refractivity contribution is 0.0207. The van der Waals surface area contributed by atoms with Gasteiger partial charge in [0.2, 0.25) is 0 Å². The molecule has 3 nitrogen and oxygen atoms in total. The van der Waals surface area contributed by atoms with Gasteiger partial charge in [0.15, 0.2) is 0 Å². The molecule has 0 spiro atoms. The predicted octanol–water partition coefficient (Wildman–Crippen LogP) is 3.04. The van der Waals surface area contributed by atoms with Gasteiger partial charge < -0.3 is 14.6 Å². The molecule has 2 atom stereocenters. The van der Waals surface area contributed by atoms with Crippen LogP contribution in [-0.2, 0) is 4.74 Å². The van der Waals surface area contributed by atoms with E-state index in [1.807, 2.05) is 19.1 Å². The van der Waals surface area contributed by atoms with Crippen LogP contribution in [0.1, 0.15) is 31.2 Å². The molecule has 1 saturated carbocycles. The van der Waals surface area contributed by atoms with Gasteiger partial charge >= 0.3 is 0 Å². The Hall–Kier alpha value is -1.22. The summed E-state index contributed by atoms with van der Waals surface area (Å²) in [5, 5.41) is 9.62. The Morgan fingerprint density at radius 1 is 1.24 bits per heavy atom. The van der Waals surface area contributed by atoms with Crippen molar-refractivity contribution in [2.45, 2.75) is 44.8 Å². The van der Waals surface area contributed by atoms with Crippen molar-refractivity contribution in [2.75, 3.05) is 7.11 Å². The van der Waals surface area contributed by atoms with Crippen molar-refractivity contribution in [3.8, 4) is 11.5 Å². The molecule has 94 valence electrons. The molecular weight excluding hydrogens is 216 g/mol. The molecule has 17 heavy (non-hydrogen) atoms. The molecule has 0 aromatic heterocycles. The largest absolute Gasteiger partial charge is 0.508 e. The fourth-order valence-electron chi connectivity index (χ4n) is 2.33. The lowest BCUT2D eigenvalue weighted by atomic mass is 9.95. The number of phenolic OH excluding ortho intramolecular Hbond substituents is 1. The fourth-order valence-corrected chi connectivity index (χ4v) is 2.33. The van der Waals surface area contributed by atoms with Crippen LogP contribution < -0.4 is 4.74 Å². The summed E-state index contributed by atoms with van der Waals surface area (Å²) in [4.78, 5) is 0. The van der Waals surface area contributed by atoms with Crippen LogP contribution >= 0.6 is 0 Å². The van der Waals surface area contributed by atoms with E-state index in [0.717, 1.165) is 37.0 Å². The number of hydrogen-bond acceptors (Lipinski definition) is 3. The number of methoxy groups -OCH3 is 1. The van der Waals surface area contributed by atoms with Crippen LogP contribution in [-0.4, -0.2) is 24.4 Å². The zero-order valence-corrected chi connectivity index (χ0v) is 10.5. The zero-order chi connectivity index (χ0) is 12.3. The van der Waals surface area contributed by atoms with Gasteiger partial charge in [-0.25, -0.2) is 0 Å². The molecule has 0 amide bonds. The summed E-state index contributed by atoms with van der Waals surface area (Å²) in [6.07, 6.45) is 4.78. The molecule has 0 aliphatic heterocycles. The van der Waals surface area contributed by atoms with Crippen molar-refractivity contribution in [1.29, 1.82) is 0 Å². The van der Waals surface area contributed by atoms with Crippen LogP contribution in [0.15, 0.2) is 18.2 Å². The first-order valence-corrected chi connectivity index (χ1v) is 6.18. The Labute approximate surface area is 102 Å². The first-order valence-electron chi connectivity index (χ1n) is 6.18. The van der Waals surface area contributed by atoms with Crippen molar-refractivity contribution in [3.63, 3.8) is 0 Å². The molecule has 0 heterocycles. The second kappa shape index (κ2) is 5.41. The van der Waals surface area contributed by atoms with Crippen molar-refractivity contribution in [1.82, 2.24) is 0 Å². The minimum atomic E-state index is 0.203. The van der Waals surface area contributed by atoms with Gasteiger partial charge in [0.05, 0.1) is 6.10 Å². The van der Waals surface area contributed by atoms with E-state index in [9.17, 15) is 5.11 Å². The van der Waals surface area contributed by atoms with E-state index < -0.39 is 0 Å². The summed E-state index contributed by atoms with van der Waals surface area (Å²) in [5.41, 5.74) is 0.812. The van der Waals surface area contributed by atoms with Crippen LogP contribution in [0.4, 0.5) is 0 Å². The second-order valence-corrected chi connectivity index (χ2v) is 4.66. The molecule has 1 fully saturated rings. The van der Waals surface area contributed by atoms with Gasteiger partial charge in [0.1, 0.15) is 17.6 Å². The Balaban J connectivity index is 2.02. The molecule has 0 bridgehead atoms. The lowest BCUT2D eigenvalue weighted by Gasteiger charge is -2.29. The molecule has 3 heteroatoms. The third-order valence-corrected chi connectivity index (χ3v) is 3.46. The molecule has 1 aliphatic rings. The van der Waals surface area contributed by atoms with Gasteiger partial charge in [-0.2, -0.15) is 0 Å². The summed E-state index contributed by atoms with van der Waals surface area (Å²) in [6.45, 7) is 1.88. The highest BCUT2D eigenvalue weighted by molar-refractivity contribution is 5.42. The first kappa shape index (κ1) is 12.2. The van der Waals surface area contributed by atoms with Gasteiger partial charge in [-0.3, -0.25) is 0 Å². The van der Waals surface area contributed by atoms with Gasteiger partial charge in [0, 0.05) is 19.1 Å². The van der Waals surface area contributed by atoms with Gasteiger partial charge in [-0.15, -0.1) is 0 Å². The molecular formula is C14H20O3. The first-order chi connectivity index (χ1) is 8.20. The van der Waals surface area contributed by atoms with Gasteiger partial charge in [-0.05, 0) is 38.3 Å². The Morgan fingerprint density at radius 3 is 2.76 bits per heavy atom. The normalized spacial score (nSPS) is 24.6. The quantitative estimate of drug-likeness (QED) is 0.876. The monoisotopic (exact) mass is 236 g/mol. The number of aromatic hydroxyl groups is 1. The predicted molar refractivity (Wildman–Crippen MR) is 66.5 cm³/mol. The van der Waals surface area contributed by atoms with E-state index in [1.54, 1.807) is 13.2 Å². The smallest absolute Gasteiger partial charge is 0.126 e. The topological polar surface area (TPSA) is 38.7 Å². The van der Waals surface area contributed by atoms with Crippen LogP contribution in [0, 0.1) is 6.92 Å². The van der Waals surface area contributed by atoms with E-state index >= 15 is 0 Å². The number of ether oxygens (including phenoxy) is 2. The van der Waals surface area contributed by atoms with Crippen molar-refractivity contribution in [2.24, 2.45) is 0 Å². The number of rotatable bonds is 3. The molecule has 1 aliphatic carbocycles. The highest BCUT2D eigenvalue weighted by Crippen LogP contribution is 2.30. The van der Waals surface area contributed by atoms with Crippen LogP contribution in [0.3, 0.4) is 0 Å². The van der Waals surface area contributed by atoms with E-state index in [1.165, 1.54) is 0 Å². The van der Waals surface area contributed by atoms with Crippen LogP contribution in [0.5, 0.6) is 11.5 Å². The lowest BCUT2D eigenvalue weighted by Crippen LogP contribution is -2.29. The number of hydrogen-bond donors (Lipinski definition) is 1. The third kappa shape index (κ3) is 2.91. The molecule has 2 rings (SSSR count). The summed E-state index contributed by atoms with van der Waals surface area (Å²) >= 11 is 0. The maximum Gasteiger partial charge on any atom is 0.126 e. The average molecular weight is 236 g/mol. The van der Waals surface area contributed by atoms with E-state index in [2.05, 4.69) is 0 Å². The SMILES string of the molecule is COC1CCCC(Oc2cccc(O)c2C)C1. The summed E-state index contributed by atoms with van der Waals surface area (Å²) < 4.78 is 11.3. The fraction of sp³-hybridized carbons (Fsp3) is 0.571. The molecule has 2 unspecified atom stereocenters. The molecule has 0 radical (unpaired) electrons. The number of phenols is 1. The Kier molecular flexibility index (Phi) is 3.89. The minimum Gasteiger partial charge on any atom is -0.508 e. The van der Waals surface area contributed by atoms with Gasteiger partial charge in [0.25, 0.3) is 0 Å². The Bertz CT molecular complexity index is 376. The molecule has 0 saturated heterocycles. The average Bonchev–Trinajstić information content (AvgIpc) is 2.35. The van der Waals surface area contributed by atoms with E-state index in [0.29, 0.717) is 11.9 Å². The summed E-state index contributed by atoms with van der Waals surface area (Å²) in [5.74, 6) is 1.08. The van der Waals surface area contributed by atoms with E-state index in [-0.39, 0.29) is 6.10 Å². The number of benzene rings is 1. The van der Waals surface area contributed by atoms with Gasteiger partial charge in [-0.1, -0.05) is 6.07 Å². The summed E-state index contributed by atoms with van der Waals surface area (Å²) in [7, 11) is 1.76. The van der Waals surface area contributed by atoms with Crippen molar-refractivity contribution < 1.29 is 14.6 Å². The maximum atomic E-state index is 9.62. The standard InChI is InChI=1S/C14H20O3/c1-10-13(15)7-4-8-14(10)17-12-6-3-5-11(9-12)16-2/h4,7-8,11-12,15H,3,5-6,9H2,1-2H3. The highest BCUT2D eigenvalue weighted by atomic mass is 16.5. The third-order valence-electron chi connectivity index (χ3n) is 3.46. The zero-order valence-electron chi connectivity index (χ0n) is 10.5. The second-order valence-electron chi connectivity index (χ2n) is 4.66. The van der Waals surface area contributed by atoms with Crippen molar-refractivity contribution in [3.05, 3.63) is 23.8 Å². The molecule has 1 aromatic rings. The van der Waals surface area contributed by atoms with E-state index in [4.69, 9.17) is 9.47 Å². The maximum absolute atomic E-state index is 9.62. The van der Waals surface area contributed by atoms with Crippen LogP contribution in [0.2, 0.25) is 0 Å².